The van der Waals surface area contributed by atoms with Gasteiger partial charge in [-0.2, -0.15) is 5.26 Å². The summed E-state index contributed by atoms with van der Waals surface area (Å²) in [6.07, 6.45) is 0.146. The number of hydrogen-bond donors (Lipinski definition) is 0. The van der Waals surface area contributed by atoms with Crippen LogP contribution in [-0.2, 0) is 0 Å². The molecule has 0 spiro atoms. The van der Waals surface area contributed by atoms with Gasteiger partial charge in [-0.3, -0.25) is 4.79 Å². The topological polar surface area (TPSA) is 54.0 Å². The van der Waals surface area contributed by atoms with Crippen molar-refractivity contribution in [2.24, 2.45) is 0 Å². The van der Waals surface area contributed by atoms with E-state index in [1.165, 1.54) is 0 Å². The first-order valence-corrected chi connectivity index (χ1v) is 5.75. The number of rotatable bonds is 4. The Labute approximate surface area is 106 Å². The van der Waals surface area contributed by atoms with E-state index in [4.69, 9.17) is 9.68 Å². The van der Waals surface area contributed by atoms with Crippen molar-refractivity contribution in [3.05, 3.63) is 59.5 Å². The molecule has 0 amide bonds. The lowest BCUT2D eigenvalue weighted by atomic mass is 9.94. The Bertz CT molecular complexity index is 578. The normalized spacial score (nSPS) is 11.8. The van der Waals surface area contributed by atoms with Gasteiger partial charge in [0.2, 0.25) is 0 Å². The van der Waals surface area contributed by atoms with E-state index in [1.807, 2.05) is 30.3 Å². The molecule has 1 atom stereocenters. The lowest BCUT2D eigenvalue weighted by Crippen LogP contribution is -2.05. The number of nitrogens with zero attached hydrogens (tertiary/aromatic N) is 1. The Morgan fingerprint density at radius 3 is 2.56 bits per heavy atom. The van der Waals surface area contributed by atoms with Gasteiger partial charge in [0, 0.05) is 6.42 Å². The molecule has 1 heterocycles. The molecular formula is C15H13NO2. The molecule has 1 aromatic carbocycles. The maximum atomic E-state index is 12.0. The highest BCUT2D eigenvalue weighted by atomic mass is 16.3. The molecule has 0 aliphatic carbocycles. The third-order valence-electron chi connectivity index (χ3n) is 2.76. The highest BCUT2D eigenvalue weighted by molar-refractivity contribution is 5.94. The summed E-state index contributed by atoms with van der Waals surface area (Å²) in [6, 6.07) is 14.9. The molecule has 1 unspecified atom stereocenters. The first kappa shape index (κ1) is 12.1. The largest absolute Gasteiger partial charge is 0.458 e. The van der Waals surface area contributed by atoms with Crippen LogP contribution in [0.1, 0.15) is 34.2 Å². The Kier molecular flexibility index (Phi) is 3.59. The molecule has 0 fully saturated rings. The van der Waals surface area contributed by atoms with Crippen molar-refractivity contribution in [1.29, 1.82) is 5.26 Å². The van der Waals surface area contributed by atoms with Gasteiger partial charge in [0.15, 0.2) is 11.5 Å². The quantitative estimate of drug-likeness (QED) is 0.767. The van der Waals surface area contributed by atoms with Crippen LogP contribution in [0.15, 0.2) is 46.9 Å². The average Bonchev–Trinajstić information content (AvgIpc) is 2.83. The van der Waals surface area contributed by atoms with Crippen LogP contribution >= 0.6 is 0 Å². The van der Waals surface area contributed by atoms with Crippen molar-refractivity contribution in [2.75, 3.05) is 0 Å². The molecule has 2 rings (SSSR count). The standard InChI is InChI=1S/C15H13NO2/c1-11-7-8-15(18-11)14(17)9-13(10-16)12-5-3-2-4-6-12/h2-8,13H,9H2,1H3. The Balaban J connectivity index is 2.13. The zero-order valence-corrected chi connectivity index (χ0v) is 10.1. The lowest BCUT2D eigenvalue weighted by molar-refractivity contribution is 0.0951. The molecule has 18 heavy (non-hydrogen) atoms. The number of hydrogen-bond acceptors (Lipinski definition) is 3. The van der Waals surface area contributed by atoms with Crippen LogP contribution in [0.25, 0.3) is 0 Å². The maximum absolute atomic E-state index is 12.0. The third-order valence-corrected chi connectivity index (χ3v) is 2.76. The predicted molar refractivity (Wildman–Crippen MR) is 67.2 cm³/mol. The molecule has 2 aromatic rings. The number of ketones is 1. The highest BCUT2D eigenvalue weighted by Crippen LogP contribution is 2.21. The van der Waals surface area contributed by atoms with Gasteiger partial charge in [0.1, 0.15) is 5.76 Å². The van der Waals surface area contributed by atoms with E-state index in [0.717, 1.165) is 5.56 Å². The minimum Gasteiger partial charge on any atom is -0.458 e. The van der Waals surface area contributed by atoms with E-state index in [1.54, 1.807) is 19.1 Å². The van der Waals surface area contributed by atoms with Crippen LogP contribution in [0, 0.1) is 18.3 Å². The second-order valence-electron chi connectivity index (χ2n) is 4.13. The number of benzene rings is 1. The van der Waals surface area contributed by atoms with Crippen LogP contribution in [-0.4, -0.2) is 5.78 Å². The summed E-state index contributed by atoms with van der Waals surface area (Å²) in [6.45, 7) is 1.79. The molecule has 0 bridgehead atoms. The summed E-state index contributed by atoms with van der Waals surface area (Å²) in [5.74, 6) is 0.456. The molecule has 90 valence electrons. The van der Waals surface area contributed by atoms with Crippen molar-refractivity contribution >= 4 is 5.78 Å². The fourth-order valence-electron chi connectivity index (χ4n) is 1.79. The van der Waals surface area contributed by atoms with Crippen molar-refractivity contribution in [1.82, 2.24) is 0 Å². The fourth-order valence-corrected chi connectivity index (χ4v) is 1.79. The zero-order chi connectivity index (χ0) is 13.0. The van der Waals surface area contributed by atoms with Gasteiger partial charge in [-0.05, 0) is 24.6 Å². The van der Waals surface area contributed by atoms with Gasteiger partial charge >= 0.3 is 0 Å². The van der Waals surface area contributed by atoms with Crippen molar-refractivity contribution in [3.63, 3.8) is 0 Å². The number of carbonyl (C=O) groups is 1. The van der Waals surface area contributed by atoms with E-state index in [9.17, 15) is 4.79 Å². The van der Waals surface area contributed by atoms with E-state index in [-0.39, 0.29) is 12.2 Å². The minimum atomic E-state index is -0.427. The van der Waals surface area contributed by atoms with Crippen molar-refractivity contribution < 1.29 is 9.21 Å². The SMILES string of the molecule is Cc1ccc(C(=O)CC(C#N)c2ccccc2)o1. The van der Waals surface area contributed by atoms with E-state index in [0.29, 0.717) is 11.5 Å². The zero-order valence-electron chi connectivity index (χ0n) is 10.1. The molecule has 1 aromatic heterocycles. The number of Topliss-reactive ketones (excluding diaryl/α,β-unsaturated/α-hetero) is 1. The molecule has 0 radical (unpaired) electrons. The van der Waals surface area contributed by atoms with Crippen LogP contribution in [0.2, 0.25) is 0 Å². The summed E-state index contributed by atoms with van der Waals surface area (Å²) in [5.41, 5.74) is 0.858. The number of aryl methyl sites for hydroxylation is 1. The number of nitriles is 1. The minimum absolute atomic E-state index is 0.140. The molecule has 3 heteroatoms. The molecule has 0 N–H and O–H groups in total. The summed E-state index contributed by atoms with van der Waals surface area (Å²) >= 11 is 0. The third kappa shape index (κ3) is 2.67. The van der Waals surface area contributed by atoms with Crippen LogP contribution in [0.4, 0.5) is 0 Å². The predicted octanol–water partition coefficient (Wildman–Crippen LogP) is 3.47. The summed E-state index contributed by atoms with van der Waals surface area (Å²) in [4.78, 5) is 12.0. The van der Waals surface area contributed by atoms with E-state index >= 15 is 0 Å². The van der Waals surface area contributed by atoms with Crippen LogP contribution < -0.4 is 0 Å². The molecular weight excluding hydrogens is 226 g/mol. The number of furan rings is 1. The molecule has 3 nitrogen and oxygen atoms in total. The Hall–Kier alpha value is -2.34. The molecule has 0 saturated heterocycles. The first-order chi connectivity index (χ1) is 8.70. The van der Waals surface area contributed by atoms with Crippen LogP contribution in [0.3, 0.4) is 0 Å². The average molecular weight is 239 g/mol. The summed E-state index contributed by atoms with van der Waals surface area (Å²) in [7, 11) is 0. The van der Waals surface area contributed by atoms with Gasteiger partial charge in [0.25, 0.3) is 0 Å². The monoisotopic (exact) mass is 239 g/mol. The summed E-state index contributed by atoms with van der Waals surface area (Å²) in [5, 5.41) is 9.15. The Morgan fingerprint density at radius 2 is 2.00 bits per heavy atom. The lowest BCUT2D eigenvalue weighted by Gasteiger charge is -2.07. The van der Waals surface area contributed by atoms with Gasteiger partial charge in [-0.1, -0.05) is 30.3 Å². The second-order valence-corrected chi connectivity index (χ2v) is 4.13. The van der Waals surface area contributed by atoms with Gasteiger partial charge in [0.05, 0.1) is 12.0 Å². The molecule has 0 saturated carbocycles. The first-order valence-electron chi connectivity index (χ1n) is 5.75. The summed E-state index contributed by atoms with van der Waals surface area (Å²) < 4.78 is 5.27. The second kappa shape index (κ2) is 5.33. The van der Waals surface area contributed by atoms with Gasteiger partial charge in [-0.15, -0.1) is 0 Å². The fraction of sp³-hybridized carbons (Fsp3) is 0.200. The Morgan fingerprint density at radius 1 is 1.28 bits per heavy atom. The highest BCUT2D eigenvalue weighted by Gasteiger charge is 2.18. The van der Waals surface area contributed by atoms with Crippen molar-refractivity contribution in [2.45, 2.75) is 19.3 Å². The van der Waals surface area contributed by atoms with Crippen molar-refractivity contribution in [3.8, 4) is 6.07 Å². The maximum Gasteiger partial charge on any atom is 0.199 e. The van der Waals surface area contributed by atoms with Crippen LogP contribution in [0.5, 0.6) is 0 Å². The number of carbonyl (C=O) groups excluding carboxylic acids is 1. The van der Waals surface area contributed by atoms with Gasteiger partial charge < -0.3 is 4.42 Å². The van der Waals surface area contributed by atoms with E-state index < -0.39 is 5.92 Å². The van der Waals surface area contributed by atoms with Gasteiger partial charge in [-0.25, -0.2) is 0 Å². The smallest absolute Gasteiger partial charge is 0.199 e. The molecule has 0 aliphatic rings. The molecule has 0 aliphatic heterocycles. The van der Waals surface area contributed by atoms with E-state index in [2.05, 4.69) is 6.07 Å².